The van der Waals surface area contributed by atoms with Crippen molar-refractivity contribution in [1.29, 1.82) is 0 Å². The second kappa shape index (κ2) is 7.04. The van der Waals surface area contributed by atoms with Gasteiger partial charge in [-0.05, 0) is 43.7 Å². The summed E-state index contributed by atoms with van der Waals surface area (Å²) in [6.07, 6.45) is 6.52. The predicted octanol–water partition coefficient (Wildman–Crippen LogP) is 2.50. The van der Waals surface area contributed by atoms with Crippen LogP contribution in [0.3, 0.4) is 0 Å². The van der Waals surface area contributed by atoms with Crippen molar-refractivity contribution in [2.45, 2.75) is 43.4 Å². The monoisotopic (exact) mass is 310 g/mol. The number of carbonyl (C=O) groups is 1. The molecule has 1 aliphatic rings. The SMILES string of the molecule is CNS(=O)(=O)c1ccc(NC(=O)CCC2CCCC2)cc1. The van der Waals surface area contributed by atoms with Gasteiger partial charge in [-0.25, -0.2) is 13.1 Å². The fraction of sp³-hybridized carbons (Fsp3) is 0.533. The number of nitrogens with one attached hydrogen (secondary N) is 2. The Bertz CT molecular complexity index is 575. The molecule has 2 N–H and O–H groups in total. The molecule has 0 bridgehead atoms. The van der Waals surface area contributed by atoms with Gasteiger partial charge in [0.1, 0.15) is 0 Å². The van der Waals surface area contributed by atoms with Crippen LogP contribution in [0.1, 0.15) is 38.5 Å². The van der Waals surface area contributed by atoms with E-state index in [0.29, 0.717) is 18.0 Å². The summed E-state index contributed by atoms with van der Waals surface area (Å²) in [7, 11) is -2.06. The summed E-state index contributed by atoms with van der Waals surface area (Å²) in [4.78, 5) is 12.1. The zero-order valence-electron chi connectivity index (χ0n) is 12.3. The molecule has 6 heteroatoms. The number of benzene rings is 1. The highest BCUT2D eigenvalue weighted by Crippen LogP contribution is 2.28. The first kappa shape index (κ1) is 16.0. The zero-order valence-corrected chi connectivity index (χ0v) is 13.1. The Balaban J connectivity index is 1.86. The smallest absolute Gasteiger partial charge is 0.240 e. The molecule has 0 heterocycles. The molecule has 0 radical (unpaired) electrons. The fourth-order valence-corrected chi connectivity index (χ4v) is 3.42. The van der Waals surface area contributed by atoms with Crippen LogP contribution in [0.2, 0.25) is 0 Å². The summed E-state index contributed by atoms with van der Waals surface area (Å²) < 4.78 is 25.4. The van der Waals surface area contributed by atoms with Crippen molar-refractivity contribution in [2.75, 3.05) is 12.4 Å². The van der Waals surface area contributed by atoms with E-state index in [4.69, 9.17) is 0 Å². The first-order valence-electron chi connectivity index (χ1n) is 7.35. The first-order chi connectivity index (χ1) is 10.0. The fourth-order valence-electron chi connectivity index (χ4n) is 2.69. The van der Waals surface area contributed by atoms with Crippen LogP contribution < -0.4 is 10.0 Å². The van der Waals surface area contributed by atoms with E-state index in [2.05, 4.69) is 10.0 Å². The number of sulfonamides is 1. The quantitative estimate of drug-likeness (QED) is 0.847. The van der Waals surface area contributed by atoms with Crippen molar-refractivity contribution < 1.29 is 13.2 Å². The van der Waals surface area contributed by atoms with E-state index < -0.39 is 10.0 Å². The second-order valence-electron chi connectivity index (χ2n) is 5.47. The molecule has 5 nitrogen and oxygen atoms in total. The summed E-state index contributed by atoms with van der Waals surface area (Å²) in [5.74, 6) is 0.685. The molecule has 0 unspecified atom stereocenters. The van der Waals surface area contributed by atoms with Gasteiger partial charge in [0.15, 0.2) is 0 Å². The summed E-state index contributed by atoms with van der Waals surface area (Å²) in [6, 6.07) is 6.19. The lowest BCUT2D eigenvalue weighted by Crippen LogP contribution is -2.18. The van der Waals surface area contributed by atoms with Crippen LogP contribution in [0.4, 0.5) is 5.69 Å². The highest BCUT2D eigenvalue weighted by atomic mass is 32.2. The third kappa shape index (κ3) is 4.54. The highest BCUT2D eigenvalue weighted by Gasteiger charge is 2.16. The summed E-state index contributed by atoms with van der Waals surface area (Å²) in [5.41, 5.74) is 0.626. The third-order valence-corrected chi connectivity index (χ3v) is 5.40. The molecule has 0 aromatic heterocycles. The average Bonchev–Trinajstić information content (AvgIpc) is 2.99. The first-order valence-corrected chi connectivity index (χ1v) is 8.83. The van der Waals surface area contributed by atoms with Gasteiger partial charge in [0.25, 0.3) is 0 Å². The summed E-state index contributed by atoms with van der Waals surface area (Å²) >= 11 is 0. The van der Waals surface area contributed by atoms with Crippen molar-refractivity contribution in [2.24, 2.45) is 5.92 Å². The molecule has 0 atom stereocenters. The van der Waals surface area contributed by atoms with Crippen molar-refractivity contribution in [3.05, 3.63) is 24.3 Å². The van der Waals surface area contributed by atoms with Crippen molar-refractivity contribution in [3.63, 3.8) is 0 Å². The molecule has 0 aliphatic heterocycles. The van der Waals surface area contributed by atoms with E-state index in [-0.39, 0.29) is 10.8 Å². The van der Waals surface area contributed by atoms with Crippen molar-refractivity contribution in [3.8, 4) is 0 Å². The Hall–Kier alpha value is -1.40. The predicted molar refractivity (Wildman–Crippen MR) is 82.5 cm³/mol. The molecule has 116 valence electrons. The van der Waals surface area contributed by atoms with E-state index in [0.717, 1.165) is 6.42 Å². The van der Waals surface area contributed by atoms with E-state index in [1.807, 2.05) is 0 Å². The Morgan fingerprint density at radius 3 is 2.38 bits per heavy atom. The largest absolute Gasteiger partial charge is 0.326 e. The van der Waals surface area contributed by atoms with E-state index in [9.17, 15) is 13.2 Å². The number of amides is 1. The maximum atomic E-state index is 11.9. The van der Waals surface area contributed by atoms with E-state index in [1.165, 1.54) is 44.9 Å². The van der Waals surface area contributed by atoms with Crippen LogP contribution in [-0.4, -0.2) is 21.4 Å². The third-order valence-electron chi connectivity index (χ3n) is 3.97. The van der Waals surface area contributed by atoms with Crippen molar-refractivity contribution >= 4 is 21.6 Å². The minimum Gasteiger partial charge on any atom is -0.326 e. The standard InChI is InChI=1S/C15H22N2O3S/c1-16-21(19,20)14-9-7-13(8-10-14)17-15(18)11-6-12-4-2-3-5-12/h7-10,12,16H,2-6,11H2,1H3,(H,17,18). The molecule has 0 spiro atoms. The van der Waals surface area contributed by atoms with Crippen LogP contribution in [0, 0.1) is 5.92 Å². The normalized spacial score (nSPS) is 16.0. The molecule has 1 aromatic rings. The second-order valence-corrected chi connectivity index (χ2v) is 7.36. The zero-order chi connectivity index (χ0) is 15.3. The van der Waals surface area contributed by atoms with Gasteiger partial charge in [0.2, 0.25) is 15.9 Å². The Kier molecular flexibility index (Phi) is 5.36. The lowest BCUT2D eigenvalue weighted by molar-refractivity contribution is -0.116. The summed E-state index contributed by atoms with van der Waals surface area (Å²) in [5, 5.41) is 2.81. The Morgan fingerprint density at radius 1 is 1.19 bits per heavy atom. The van der Waals surface area contributed by atoms with Gasteiger partial charge in [-0.3, -0.25) is 4.79 Å². The Morgan fingerprint density at radius 2 is 1.81 bits per heavy atom. The molecule has 21 heavy (non-hydrogen) atoms. The van der Waals surface area contributed by atoms with Crippen molar-refractivity contribution in [1.82, 2.24) is 4.72 Å². The minimum atomic E-state index is -3.43. The van der Waals surface area contributed by atoms with Gasteiger partial charge in [-0.1, -0.05) is 25.7 Å². The lowest BCUT2D eigenvalue weighted by Gasteiger charge is -2.09. The van der Waals surface area contributed by atoms with Gasteiger partial charge in [-0.15, -0.1) is 0 Å². The number of hydrogen-bond donors (Lipinski definition) is 2. The lowest BCUT2D eigenvalue weighted by atomic mass is 10.0. The topological polar surface area (TPSA) is 75.3 Å². The number of carbonyl (C=O) groups excluding carboxylic acids is 1. The van der Waals surface area contributed by atoms with E-state index >= 15 is 0 Å². The number of rotatable bonds is 6. The maximum absolute atomic E-state index is 11.9. The molecule has 0 saturated heterocycles. The van der Waals surface area contributed by atoms with Crippen LogP contribution in [0.25, 0.3) is 0 Å². The summed E-state index contributed by atoms with van der Waals surface area (Å²) in [6.45, 7) is 0. The Labute approximate surface area is 126 Å². The molecule has 1 aromatic carbocycles. The number of anilines is 1. The molecule has 1 amide bonds. The number of hydrogen-bond acceptors (Lipinski definition) is 3. The molecule has 1 fully saturated rings. The molecule has 2 rings (SSSR count). The van der Waals surface area contributed by atoms with E-state index in [1.54, 1.807) is 12.1 Å². The van der Waals surface area contributed by atoms with Gasteiger partial charge >= 0.3 is 0 Å². The molecular weight excluding hydrogens is 288 g/mol. The minimum absolute atomic E-state index is 0.00822. The molecule has 1 saturated carbocycles. The van der Waals surface area contributed by atoms with Crippen LogP contribution >= 0.6 is 0 Å². The van der Waals surface area contributed by atoms with Crippen LogP contribution in [0.15, 0.2) is 29.2 Å². The van der Waals surface area contributed by atoms with Gasteiger partial charge in [0.05, 0.1) is 4.90 Å². The van der Waals surface area contributed by atoms with Gasteiger partial charge in [-0.2, -0.15) is 0 Å². The van der Waals surface area contributed by atoms with Gasteiger partial charge in [0, 0.05) is 12.1 Å². The molecular formula is C15H22N2O3S. The average molecular weight is 310 g/mol. The van der Waals surface area contributed by atoms with Crippen LogP contribution in [0.5, 0.6) is 0 Å². The molecule has 1 aliphatic carbocycles. The van der Waals surface area contributed by atoms with Crippen LogP contribution in [-0.2, 0) is 14.8 Å². The van der Waals surface area contributed by atoms with Gasteiger partial charge < -0.3 is 5.32 Å². The maximum Gasteiger partial charge on any atom is 0.240 e. The highest BCUT2D eigenvalue weighted by molar-refractivity contribution is 7.89.